The van der Waals surface area contributed by atoms with E-state index in [4.69, 9.17) is 9.47 Å². The van der Waals surface area contributed by atoms with E-state index in [0.29, 0.717) is 23.5 Å². The molecule has 1 fully saturated rings. The van der Waals surface area contributed by atoms with Gasteiger partial charge in [-0.1, -0.05) is 25.5 Å². The van der Waals surface area contributed by atoms with Crippen LogP contribution in [0.1, 0.15) is 42.5 Å². The smallest absolute Gasteiger partial charge is 0.295 e. The fourth-order valence-corrected chi connectivity index (χ4v) is 3.73. The third-order valence-corrected chi connectivity index (χ3v) is 5.47. The average molecular weight is 441 g/mol. The van der Waals surface area contributed by atoms with Crippen LogP contribution in [-0.4, -0.2) is 48.6 Å². The summed E-state index contributed by atoms with van der Waals surface area (Å²) >= 11 is 0. The lowest BCUT2D eigenvalue weighted by molar-refractivity contribution is -0.140. The molecule has 1 heterocycles. The Bertz CT molecular complexity index is 1020. The average Bonchev–Trinajstić information content (AvgIpc) is 3.03. The lowest BCUT2D eigenvalue weighted by Crippen LogP contribution is -2.32. The molecule has 7 heteroatoms. The second kappa shape index (κ2) is 10.4. The second-order valence-electron chi connectivity index (χ2n) is 7.72. The van der Waals surface area contributed by atoms with Gasteiger partial charge in [0.1, 0.15) is 17.3 Å². The summed E-state index contributed by atoms with van der Waals surface area (Å²) in [6, 6.07) is 9.83. The molecule has 1 aliphatic heterocycles. The van der Waals surface area contributed by atoms with Gasteiger partial charge in [-0.2, -0.15) is 0 Å². The molecule has 0 saturated carbocycles. The van der Waals surface area contributed by atoms with Gasteiger partial charge in [-0.25, -0.2) is 4.39 Å². The normalized spacial score (nSPS) is 17.8. The third kappa shape index (κ3) is 4.83. The van der Waals surface area contributed by atoms with Crippen LogP contribution in [-0.2, 0) is 14.3 Å². The minimum atomic E-state index is -0.841. The molecule has 0 spiro atoms. The molecule has 170 valence electrons. The summed E-state index contributed by atoms with van der Waals surface area (Å²) in [5.41, 5.74) is 1.70. The Morgan fingerprint density at radius 3 is 2.47 bits per heavy atom. The van der Waals surface area contributed by atoms with E-state index in [1.54, 1.807) is 18.2 Å². The maximum absolute atomic E-state index is 13.5. The number of Topliss-reactive ketones (excluding diaryl/α,β-unsaturated/α-hetero) is 1. The first-order valence-electron chi connectivity index (χ1n) is 10.7. The molecule has 2 aromatic carbocycles. The predicted octanol–water partition coefficient (Wildman–Crippen LogP) is 4.38. The van der Waals surface area contributed by atoms with Gasteiger partial charge >= 0.3 is 0 Å². The van der Waals surface area contributed by atoms with Crippen LogP contribution in [0.2, 0.25) is 0 Å². The number of ether oxygens (including phenoxy) is 2. The number of aryl methyl sites for hydroxylation is 1. The maximum atomic E-state index is 13.5. The molecular weight excluding hydrogens is 413 g/mol. The van der Waals surface area contributed by atoms with Gasteiger partial charge in [0.15, 0.2) is 0 Å². The van der Waals surface area contributed by atoms with Crippen LogP contribution in [0, 0.1) is 12.7 Å². The number of rotatable bonds is 9. The molecule has 1 atom stereocenters. The van der Waals surface area contributed by atoms with Crippen molar-refractivity contribution in [3.8, 4) is 5.75 Å². The van der Waals surface area contributed by atoms with Crippen LogP contribution in [0.25, 0.3) is 5.76 Å². The van der Waals surface area contributed by atoms with Crippen molar-refractivity contribution in [2.45, 2.75) is 32.7 Å². The molecule has 6 nitrogen and oxygen atoms in total. The molecule has 0 aromatic heterocycles. The topological polar surface area (TPSA) is 76.1 Å². The Morgan fingerprint density at radius 1 is 1.12 bits per heavy atom. The molecule has 1 unspecified atom stereocenters. The van der Waals surface area contributed by atoms with Crippen molar-refractivity contribution in [3.05, 3.63) is 70.5 Å². The molecule has 0 bridgehead atoms. The summed E-state index contributed by atoms with van der Waals surface area (Å²) in [5.74, 6) is -1.52. The zero-order valence-electron chi connectivity index (χ0n) is 18.6. The van der Waals surface area contributed by atoms with Crippen molar-refractivity contribution in [1.29, 1.82) is 0 Å². The van der Waals surface area contributed by atoms with Crippen LogP contribution >= 0.6 is 0 Å². The van der Waals surface area contributed by atoms with Gasteiger partial charge in [-0.15, -0.1) is 0 Å². The Balaban J connectivity index is 2.04. The number of aliphatic hydroxyl groups is 1. The van der Waals surface area contributed by atoms with E-state index in [-0.39, 0.29) is 24.5 Å². The van der Waals surface area contributed by atoms with Gasteiger partial charge < -0.3 is 19.5 Å². The van der Waals surface area contributed by atoms with Crippen molar-refractivity contribution in [1.82, 2.24) is 4.90 Å². The number of carbonyl (C=O) groups excluding carboxylic acids is 2. The Hall–Kier alpha value is -3.19. The first kappa shape index (κ1) is 23.5. The van der Waals surface area contributed by atoms with Gasteiger partial charge in [0.25, 0.3) is 11.7 Å². The van der Waals surface area contributed by atoms with Gasteiger partial charge in [0.2, 0.25) is 0 Å². The van der Waals surface area contributed by atoms with Crippen LogP contribution in [0.5, 0.6) is 5.75 Å². The van der Waals surface area contributed by atoms with Crippen molar-refractivity contribution >= 4 is 17.4 Å². The third-order valence-electron chi connectivity index (χ3n) is 5.47. The molecule has 3 rings (SSSR count). The zero-order valence-corrected chi connectivity index (χ0v) is 18.6. The van der Waals surface area contributed by atoms with Crippen molar-refractivity contribution in [2.24, 2.45) is 0 Å². The monoisotopic (exact) mass is 441 g/mol. The Labute approximate surface area is 187 Å². The number of halogens is 1. The van der Waals surface area contributed by atoms with Crippen molar-refractivity contribution in [3.63, 3.8) is 0 Å². The summed E-state index contributed by atoms with van der Waals surface area (Å²) in [7, 11) is 1.50. The molecule has 0 radical (unpaired) electrons. The number of benzene rings is 2. The summed E-state index contributed by atoms with van der Waals surface area (Å²) in [6.45, 7) is 4.90. The van der Waals surface area contributed by atoms with E-state index in [9.17, 15) is 19.1 Å². The molecule has 1 saturated heterocycles. The highest BCUT2D eigenvalue weighted by molar-refractivity contribution is 6.46. The molecule has 2 aromatic rings. The second-order valence-corrected chi connectivity index (χ2v) is 7.72. The lowest BCUT2D eigenvalue weighted by Gasteiger charge is -2.25. The van der Waals surface area contributed by atoms with Crippen LogP contribution in [0.15, 0.2) is 48.0 Å². The highest BCUT2D eigenvalue weighted by Crippen LogP contribution is 2.39. The fraction of sp³-hybridized carbons (Fsp3) is 0.360. The summed E-state index contributed by atoms with van der Waals surface area (Å²) in [5, 5.41) is 11.1. The van der Waals surface area contributed by atoms with Gasteiger partial charge in [0, 0.05) is 19.2 Å². The van der Waals surface area contributed by atoms with Crippen LogP contribution in [0.4, 0.5) is 4.39 Å². The Kier molecular flexibility index (Phi) is 7.64. The SMILES string of the molecule is CCCCOc1ccc(/C(O)=C2\C(=O)C(=O)N(CCOC)C2c2ccc(F)cc2)cc1C. The first-order valence-corrected chi connectivity index (χ1v) is 10.7. The number of ketones is 1. The van der Waals surface area contributed by atoms with E-state index in [0.717, 1.165) is 18.4 Å². The molecule has 0 aliphatic carbocycles. The quantitative estimate of drug-likeness (QED) is 0.271. The summed E-state index contributed by atoms with van der Waals surface area (Å²) in [6.07, 6.45) is 1.95. The standard InChI is InChI=1S/C25H28FNO5/c1-4-5-13-32-20-11-8-18(15-16(20)2)23(28)21-22(17-6-9-19(26)10-7-17)27(12-14-31-3)25(30)24(21)29/h6-11,15,22,28H,4-5,12-14H2,1-3H3/b23-21+. The van der Waals surface area contributed by atoms with Gasteiger partial charge in [0.05, 0.1) is 24.8 Å². The van der Waals surface area contributed by atoms with Crippen LogP contribution < -0.4 is 4.74 Å². The lowest BCUT2D eigenvalue weighted by atomic mass is 9.94. The number of carbonyl (C=O) groups is 2. The predicted molar refractivity (Wildman–Crippen MR) is 119 cm³/mol. The number of hydrogen-bond donors (Lipinski definition) is 1. The minimum absolute atomic E-state index is 0.0308. The van der Waals surface area contributed by atoms with Crippen molar-refractivity contribution in [2.75, 3.05) is 26.9 Å². The van der Waals surface area contributed by atoms with Gasteiger partial charge in [-0.05, 0) is 54.8 Å². The number of hydrogen-bond acceptors (Lipinski definition) is 5. The molecule has 1 aliphatic rings. The van der Waals surface area contributed by atoms with E-state index in [1.165, 1.54) is 36.3 Å². The number of aliphatic hydroxyl groups excluding tert-OH is 1. The largest absolute Gasteiger partial charge is 0.507 e. The fourth-order valence-electron chi connectivity index (χ4n) is 3.73. The summed E-state index contributed by atoms with van der Waals surface area (Å²) < 4.78 is 24.3. The first-order chi connectivity index (χ1) is 15.4. The summed E-state index contributed by atoms with van der Waals surface area (Å²) in [4.78, 5) is 27.0. The maximum Gasteiger partial charge on any atom is 0.295 e. The van der Waals surface area contributed by atoms with E-state index >= 15 is 0 Å². The van der Waals surface area contributed by atoms with E-state index < -0.39 is 23.5 Å². The van der Waals surface area contributed by atoms with Crippen molar-refractivity contribution < 1.29 is 28.6 Å². The van der Waals surface area contributed by atoms with Crippen LogP contribution in [0.3, 0.4) is 0 Å². The molecule has 32 heavy (non-hydrogen) atoms. The molecule has 1 amide bonds. The highest BCUT2D eigenvalue weighted by Gasteiger charge is 2.45. The number of amides is 1. The van der Waals surface area contributed by atoms with Gasteiger partial charge in [-0.3, -0.25) is 9.59 Å². The number of nitrogens with zero attached hydrogens (tertiary/aromatic N) is 1. The molecule has 1 N–H and O–H groups in total. The number of unbranched alkanes of at least 4 members (excludes halogenated alkanes) is 1. The Morgan fingerprint density at radius 2 is 1.84 bits per heavy atom. The minimum Gasteiger partial charge on any atom is -0.507 e. The zero-order chi connectivity index (χ0) is 23.3. The number of methoxy groups -OCH3 is 1. The van der Waals surface area contributed by atoms with E-state index in [2.05, 4.69) is 6.92 Å². The molecular formula is C25H28FNO5. The highest BCUT2D eigenvalue weighted by atomic mass is 19.1. The van der Waals surface area contributed by atoms with E-state index in [1.807, 2.05) is 6.92 Å². The number of likely N-dealkylation sites (tertiary alicyclic amines) is 1.